The number of benzene rings is 1. The van der Waals surface area contributed by atoms with Crippen molar-refractivity contribution in [2.75, 3.05) is 14.1 Å². The average Bonchev–Trinajstić information content (AvgIpc) is 2.81. The van der Waals surface area contributed by atoms with Crippen molar-refractivity contribution in [3.63, 3.8) is 0 Å². The molecule has 0 aliphatic heterocycles. The number of hydrogen-bond donors (Lipinski definition) is 5. The van der Waals surface area contributed by atoms with Crippen LogP contribution in [0.15, 0.2) is 23.0 Å². The molecular weight excluding hydrogens is 512 g/mol. The summed E-state index contributed by atoms with van der Waals surface area (Å²) in [5.41, 5.74) is 2.98. The zero-order chi connectivity index (χ0) is 30.1. The van der Waals surface area contributed by atoms with Crippen LogP contribution in [0.3, 0.4) is 0 Å². The average molecular weight is 551 g/mol. The smallest absolute Gasteiger partial charge is 0.255 e. The largest absolute Gasteiger partial charge is 0.508 e. The summed E-state index contributed by atoms with van der Waals surface area (Å²) in [6, 6.07) is 0.695. The summed E-state index contributed by atoms with van der Waals surface area (Å²) in [5, 5.41) is 45.8. The number of fused-ring (bicyclic) bond motifs is 3. The van der Waals surface area contributed by atoms with Crippen LogP contribution >= 0.6 is 0 Å². The summed E-state index contributed by atoms with van der Waals surface area (Å²) in [5.74, 6) is 0.0865. The third-order valence-corrected chi connectivity index (χ3v) is 8.26. The van der Waals surface area contributed by atoms with E-state index in [2.05, 4.69) is 25.7 Å². The van der Waals surface area contributed by atoms with Crippen LogP contribution in [0.2, 0.25) is 0 Å². The highest BCUT2D eigenvalue weighted by Gasteiger charge is 2.64. The molecule has 6 N–H and O–H groups in total. The lowest BCUT2D eigenvalue weighted by atomic mass is 9.57. The fourth-order valence-electron chi connectivity index (χ4n) is 6.35. The van der Waals surface area contributed by atoms with Crippen LogP contribution in [-0.4, -0.2) is 68.5 Å². The van der Waals surface area contributed by atoms with E-state index in [1.807, 2.05) is 26.8 Å². The van der Waals surface area contributed by atoms with Crippen molar-refractivity contribution in [2.24, 2.45) is 23.5 Å². The summed E-state index contributed by atoms with van der Waals surface area (Å²) in [7, 11) is 3.14. The molecule has 1 saturated carbocycles. The zero-order valence-electron chi connectivity index (χ0n) is 24.0. The second kappa shape index (κ2) is 9.79. The molecule has 0 unspecified atom stereocenters. The number of likely N-dealkylation sites (N-methyl/N-ethyl adjacent to an activating group) is 1. The molecule has 1 amide bonds. The number of carbonyl (C=O) groups excluding carboxylic acids is 3. The molecule has 214 valence electrons. The Labute approximate surface area is 234 Å². The minimum Gasteiger partial charge on any atom is -0.508 e. The number of carbonyl (C=O) groups is 3. The SMILES string of the molecule is CC(C)CC#Cc1cc(C(C)(C)C)c(O)c2c1C[C@@H]1C[C@@H]3[C@@H](N(C)C)C(=O)C(C(N)=O)=C(O)[C@]3(O)C(=O)C1=C2O. The second-order valence-electron chi connectivity index (χ2n) is 12.8. The number of amides is 1. The molecule has 0 radical (unpaired) electrons. The van der Waals surface area contributed by atoms with E-state index in [1.54, 1.807) is 14.1 Å². The molecule has 3 aliphatic carbocycles. The van der Waals surface area contributed by atoms with Crippen molar-refractivity contribution < 1.29 is 34.8 Å². The zero-order valence-corrected chi connectivity index (χ0v) is 24.0. The minimum absolute atomic E-state index is 0.0341. The highest BCUT2D eigenvalue weighted by Crippen LogP contribution is 2.53. The number of phenolic OH excluding ortho intramolecular Hbond substituents is 1. The van der Waals surface area contributed by atoms with E-state index in [9.17, 15) is 34.8 Å². The van der Waals surface area contributed by atoms with E-state index in [0.29, 0.717) is 29.0 Å². The van der Waals surface area contributed by atoms with Crippen LogP contribution in [-0.2, 0) is 26.2 Å². The van der Waals surface area contributed by atoms with Crippen molar-refractivity contribution in [1.82, 2.24) is 4.90 Å². The van der Waals surface area contributed by atoms with Crippen LogP contribution in [0.4, 0.5) is 0 Å². The van der Waals surface area contributed by atoms with Crippen molar-refractivity contribution in [3.8, 4) is 17.6 Å². The summed E-state index contributed by atoms with van der Waals surface area (Å²) in [6.07, 6.45) is 0.885. The van der Waals surface area contributed by atoms with E-state index >= 15 is 0 Å². The van der Waals surface area contributed by atoms with E-state index < -0.39 is 63.5 Å². The molecule has 0 heterocycles. The first kappa shape index (κ1) is 29.4. The normalized spacial score (nSPS) is 26.4. The Morgan fingerprint density at radius 3 is 2.35 bits per heavy atom. The topological polar surface area (TPSA) is 161 Å². The van der Waals surface area contributed by atoms with Crippen molar-refractivity contribution in [1.29, 1.82) is 0 Å². The number of primary amides is 1. The number of aliphatic hydroxyl groups is 3. The monoisotopic (exact) mass is 550 g/mol. The van der Waals surface area contributed by atoms with E-state index in [1.165, 1.54) is 4.90 Å². The Kier molecular flexibility index (Phi) is 7.19. The van der Waals surface area contributed by atoms with E-state index in [4.69, 9.17) is 5.73 Å². The second-order valence-corrected chi connectivity index (χ2v) is 12.8. The fraction of sp³-hybridized carbons (Fsp3) is 0.516. The van der Waals surface area contributed by atoms with Crippen molar-refractivity contribution in [2.45, 2.75) is 70.9 Å². The number of aromatic hydroxyl groups is 1. The van der Waals surface area contributed by atoms with Crippen molar-refractivity contribution in [3.05, 3.63) is 45.2 Å². The molecule has 9 nitrogen and oxygen atoms in total. The summed E-state index contributed by atoms with van der Waals surface area (Å²) < 4.78 is 0. The number of nitrogens with zero attached hydrogens (tertiary/aromatic N) is 1. The van der Waals surface area contributed by atoms with Gasteiger partial charge in [0.2, 0.25) is 5.78 Å². The summed E-state index contributed by atoms with van der Waals surface area (Å²) in [4.78, 5) is 41.0. The van der Waals surface area contributed by atoms with Gasteiger partial charge in [0.1, 0.15) is 22.8 Å². The van der Waals surface area contributed by atoms with Gasteiger partial charge in [0, 0.05) is 29.0 Å². The molecule has 3 aliphatic rings. The van der Waals surface area contributed by atoms with Gasteiger partial charge in [-0.25, -0.2) is 0 Å². The first-order valence-electron chi connectivity index (χ1n) is 13.5. The Morgan fingerprint density at radius 2 is 1.82 bits per heavy atom. The van der Waals surface area contributed by atoms with Crippen LogP contribution in [0.5, 0.6) is 5.75 Å². The van der Waals surface area contributed by atoms with E-state index in [-0.39, 0.29) is 29.7 Å². The van der Waals surface area contributed by atoms with Crippen LogP contribution in [0.1, 0.15) is 69.7 Å². The molecule has 40 heavy (non-hydrogen) atoms. The predicted molar refractivity (Wildman–Crippen MR) is 149 cm³/mol. The maximum Gasteiger partial charge on any atom is 0.255 e. The van der Waals surface area contributed by atoms with Gasteiger partial charge in [-0.15, -0.1) is 0 Å². The number of hydrogen-bond acceptors (Lipinski definition) is 8. The van der Waals surface area contributed by atoms with Gasteiger partial charge in [-0.3, -0.25) is 19.3 Å². The van der Waals surface area contributed by atoms with Crippen molar-refractivity contribution >= 4 is 23.2 Å². The van der Waals surface area contributed by atoms with Gasteiger partial charge in [-0.1, -0.05) is 46.5 Å². The Bertz CT molecular complexity index is 1450. The highest BCUT2D eigenvalue weighted by molar-refractivity contribution is 6.24. The molecule has 1 aromatic rings. The lowest BCUT2D eigenvalue weighted by Crippen LogP contribution is -2.65. The third-order valence-electron chi connectivity index (χ3n) is 8.26. The van der Waals surface area contributed by atoms with Crippen LogP contribution in [0.25, 0.3) is 5.76 Å². The summed E-state index contributed by atoms with van der Waals surface area (Å²) in [6.45, 7) is 9.82. The predicted octanol–water partition coefficient (Wildman–Crippen LogP) is 2.66. The Balaban J connectivity index is 2.01. The maximum absolute atomic E-state index is 14.1. The molecule has 0 spiro atoms. The quantitative estimate of drug-likeness (QED) is 0.283. The number of rotatable bonds is 3. The molecule has 9 heteroatoms. The van der Waals surface area contributed by atoms with Gasteiger partial charge in [0.05, 0.1) is 11.6 Å². The Morgan fingerprint density at radius 1 is 1.20 bits per heavy atom. The number of Topliss-reactive ketones (excluding diaryl/α,β-unsaturated/α-hetero) is 2. The molecule has 1 fully saturated rings. The molecular formula is C31H38N2O7. The number of phenols is 1. The molecule has 1 aromatic carbocycles. The molecule has 4 rings (SSSR count). The van der Waals surface area contributed by atoms with Gasteiger partial charge < -0.3 is 26.2 Å². The maximum atomic E-state index is 14.1. The number of aliphatic hydroxyl groups excluding tert-OH is 2. The lowest BCUT2D eigenvalue weighted by Gasteiger charge is -2.50. The fourth-order valence-corrected chi connectivity index (χ4v) is 6.35. The van der Waals surface area contributed by atoms with Gasteiger partial charge in [0.25, 0.3) is 5.91 Å². The molecule has 0 bridgehead atoms. The van der Waals surface area contributed by atoms with Gasteiger partial charge >= 0.3 is 0 Å². The molecule has 4 atom stereocenters. The molecule has 0 aromatic heterocycles. The minimum atomic E-state index is -2.66. The summed E-state index contributed by atoms with van der Waals surface area (Å²) >= 11 is 0. The Hall–Kier alpha value is -3.61. The first-order valence-corrected chi connectivity index (χ1v) is 13.5. The molecule has 0 saturated heterocycles. The standard InChI is InChI=1S/C31H38N2O7/c1-14(2)9-8-10-15-12-19(30(3,4)5)24(34)21-17(15)11-16-13-18-23(33(6)7)26(36)22(29(32)39)28(38)31(18,40)27(37)20(16)25(21)35/h12,14,16,18,23,34-35,38,40H,9,11,13H2,1-7H3,(H2,32,39)/t16-,18-,23-,31-/m1/s1. The number of nitrogens with two attached hydrogens (primary N) is 1. The number of ketones is 2. The van der Waals surface area contributed by atoms with Gasteiger partial charge in [-0.05, 0) is 55.8 Å². The first-order chi connectivity index (χ1) is 18.4. The van der Waals surface area contributed by atoms with Gasteiger partial charge in [0.15, 0.2) is 11.4 Å². The third kappa shape index (κ3) is 4.30. The van der Waals surface area contributed by atoms with Crippen LogP contribution < -0.4 is 5.73 Å². The van der Waals surface area contributed by atoms with Crippen LogP contribution in [0, 0.1) is 29.6 Å². The highest BCUT2D eigenvalue weighted by atomic mass is 16.3. The van der Waals surface area contributed by atoms with Gasteiger partial charge in [-0.2, -0.15) is 0 Å². The lowest BCUT2D eigenvalue weighted by molar-refractivity contribution is -0.153. The van der Waals surface area contributed by atoms with E-state index in [0.717, 1.165) is 0 Å².